The van der Waals surface area contributed by atoms with Crippen LogP contribution in [-0.4, -0.2) is 24.1 Å². The van der Waals surface area contributed by atoms with Gasteiger partial charge in [-0.25, -0.2) is 9.97 Å². The Hall–Kier alpha value is -5.30. The van der Waals surface area contributed by atoms with Crippen LogP contribution in [0.5, 0.6) is 0 Å². The zero-order chi connectivity index (χ0) is 26.1. The summed E-state index contributed by atoms with van der Waals surface area (Å²) < 4.78 is 3.03. The Labute approximate surface area is 211 Å². The Morgan fingerprint density at radius 3 is 2.51 bits per heavy atom. The van der Waals surface area contributed by atoms with Crippen LogP contribution < -0.4 is 22.2 Å². The normalized spacial score (nSPS) is 11.7. The fraction of sp³-hybridized carbons (Fsp3) is 0.111. The molecule has 0 radical (unpaired) electrons. The number of para-hydroxylation sites is 1. The maximum absolute atomic E-state index is 14.2. The topological polar surface area (TPSA) is 145 Å². The molecule has 10 heteroatoms. The van der Waals surface area contributed by atoms with Crippen LogP contribution in [0.1, 0.15) is 24.4 Å². The molecule has 182 valence electrons. The van der Waals surface area contributed by atoms with Crippen LogP contribution >= 0.6 is 0 Å². The second-order valence-corrected chi connectivity index (χ2v) is 8.42. The molecular weight excluding hydrogens is 468 g/mol. The largest absolute Gasteiger partial charge is 0.368 e. The van der Waals surface area contributed by atoms with E-state index in [0.29, 0.717) is 33.7 Å². The zero-order valence-corrected chi connectivity index (χ0v) is 20.1. The van der Waals surface area contributed by atoms with Gasteiger partial charge < -0.3 is 15.6 Å². The van der Waals surface area contributed by atoms with Crippen molar-refractivity contribution in [2.45, 2.75) is 13.0 Å². The average Bonchev–Trinajstić information content (AvgIpc) is 2.90. The van der Waals surface area contributed by atoms with Crippen molar-refractivity contribution in [3.8, 4) is 23.0 Å². The van der Waals surface area contributed by atoms with Crippen molar-refractivity contribution < 1.29 is 0 Å². The number of hydrogen-bond donors (Lipinski definition) is 2. The minimum Gasteiger partial charge on any atom is -0.368 e. The number of fused-ring (bicyclic) bond motifs is 1. The van der Waals surface area contributed by atoms with Crippen molar-refractivity contribution >= 4 is 22.7 Å². The predicted molar refractivity (Wildman–Crippen MR) is 141 cm³/mol. The van der Waals surface area contributed by atoms with E-state index < -0.39 is 6.04 Å². The van der Waals surface area contributed by atoms with E-state index in [1.807, 2.05) is 43.3 Å². The molecule has 10 nitrogen and oxygen atoms in total. The molecule has 5 aromatic rings. The number of rotatable bonds is 5. The molecule has 0 aliphatic rings. The smallest absolute Gasteiger partial charge is 0.266 e. The maximum atomic E-state index is 14.2. The van der Waals surface area contributed by atoms with E-state index in [4.69, 9.17) is 10.7 Å². The Morgan fingerprint density at radius 1 is 1.00 bits per heavy atom. The number of pyridine rings is 1. The Bertz CT molecular complexity index is 1800. The summed E-state index contributed by atoms with van der Waals surface area (Å²) in [6.07, 6.45) is 1.34. The van der Waals surface area contributed by atoms with E-state index in [2.05, 4.69) is 15.3 Å². The van der Waals surface area contributed by atoms with Crippen LogP contribution in [0.2, 0.25) is 0 Å². The van der Waals surface area contributed by atoms with Crippen molar-refractivity contribution in [1.29, 1.82) is 5.26 Å². The summed E-state index contributed by atoms with van der Waals surface area (Å²) in [6, 6.07) is 20.9. The molecule has 0 amide bonds. The molecule has 3 N–H and O–H groups in total. The van der Waals surface area contributed by atoms with E-state index in [-0.39, 0.29) is 28.4 Å². The van der Waals surface area contributed by atoms with Crippen LogP contribution in [-0.2, 0) is 7.05 Å². The number of nitrogens with one attached hydrogen (secondary N) is 1. The molecule has 1 atom stereocenters. The van der Waals surface area contributed by atoms with Gasteiger partial charge in [0.15, 0.2) is 0 Å². The lowest BCUT2D eigenvalue weighted by atomic mass is 10.0. The third-order valence-corrected chi connectivity index (χ3v) is 6.07. The number of benzene rings is 2. The molecule has 5 rings (SSSR count). The van der Waals surface area contributed by atoms with E-state index in [1.165, 1.54) is 21.4 Å². The SMILES string of the molecule is C[C@@H](Nc1nc(N)ncc1C#N)c1nc2cccc(-c3cccc(=O)n3C)c2c(=O)n1-c1ccccc1. The van der Waals surface area contributed by atoms with E-state index in [9.17, 15) is 14.9 Å². The highest BCUT2D eigenvalue weighted by atomic mass is 16.1. The first-order valence-corrected chi connectivity index (χ1v) is 11.5. The van der Waals surface area contributed by atoms with Crippen LogP contribution in [0.3, 0.4) is 0 Å². The summed E-state index contributed by atoms with van der Waals surface area (Å²) in [5.41, 5.74) is 7.76. The predicted octanol–water partition coefficient (Wildman–Crippen LogP) is 3.17. The van der Waals surface area contributed by atoms with E-state index in [0.717, 1.165) is 0 Å². The summed E-state index contributed by atoms with van der Waals surface area (Å²) in [5.74, 6) is 0.659. The number of nitrogens with two attached hydrogens (primary N) is 1. The Kier molecular flexibility index (Phi) is 5.95. The van der Waals surface area contributed by atoms with Crippen molar-refractivity contribution in [2.75, 3.05) is 11.1 Å². The number of nitrogens with zero attached hydrogens (tertiary/aromatic N) is 6. The van der Waals surface area contributed by atoms with Crippen LogP contribution in [0.4, 0.5) is 11.8 Å². The molecule has 0 aliphatic heterocycles. The molecule has 0 aliphatic carbocycles. The molecular formula is C27H22N8O2. The van der Waals surface area contributed by atoms with Crippen LogP contribution in [0.15, 0.2) is 82.5 Å². The van der Waals surface area contributed by atoms with Gasteiger partial charge in [-0.2, -0.15) is 10.2 Å². The number of aromatic nitrogens is 5. The number of nitrogen functional groups attached to an aromatic ring is 1. The quantitative estimate of drug-likeness (QED) is 0.382. The first-order valence-electron chi connectivity index (χ1n) is 11.5. The fourth-order valence-corrected chi connectivity index (χ4v) is 4.27. The summed E-state index contributed by atoms with van der Waals surface area (Å²) in [4.78, 5) is 39.4. The maximum Gasteiger partial charge on any atom is 0.266 e. The Balaban J connectivity index is 1.78. The second-order valence-electron chi connectivity index (χ2n) is 8.42. The Morgan fingerprint density at radius 2 is 1.76 bits per heavy atom. The van der Waals surface area contributed by atoms with E-state index in [1.54, 1.807) is 37.4 Å². The van der Waals surface area contributed by atoms with Crippen molar-refractivity contribution in [3.05, 3.63) is 105 Å². The fourth-order valence-electron chi connectivity index (χ4n) is 4.27. The summed E-state index contributed by atoms with van der Waals surface area (Å²) in [5, 5.41) is 13.0. The molecule has 0 fully saturated rings. The lowest BCUT2D eigenvalue weighted by Crippen LogP contribution is -2.28. The van der Waals surface area contributed by atoms with Gasteiger partial charge in [-0.05, 0) is 31.2 Å². The lowest BCUT2D eigenvalue weighted by Gasteiger charge is -2.21. The third-order valence-electron chi connectivity index (χ3n) is 6.07. The molecule has 0 unspecified atom stereocenters. The second kappa shape index (κ2) is 9.39. The molecule has 0 saturated carbocycles. The van der Waals surface area contributed by atoms with Gasteiger partial charge in [-0.1, -0.05) is 36.4 Å². The van der Waals surface area contributed by atoms with E-state index >= 15 is 0 Å². The molecule has 0 saturated heterocycles. The minimum atomic E-state index is -0.552. The zero-order valence-electron chi connectivity index (χ0n) is 20.1. The van der Waals surface area contributed by atoms with Gasteiger partial charge >= 0.3 is 0 Å². The van der Waals surface area contributed by atoms with Gasteiger partial charge in [0.25, 0.3) is 11.1 Å². The molecule has 0 bridgehead atoms. The highest BCUT2D eigenvalue weighted by Gasteiger charge is 2.22. The van der Waals surface area contributed by atoms with Crippen LogP contribution in [0.25, 0.3) is 27.8 Å². The average molecular weight is 491 g/mol. The van der Waals surface area contributed by atoms with Crippen molar-refractivity contribution in [2.24, 2.45) is 7.05 Å². The molecule has 2 aromatic carbocycles. The van der Waals surface area contributed by atoms with Gasteiger partial charge in [0, 0.05) is 18.7 Å². The molecule has 37 heavy (non-hydrogen) atoms. The monoisotopic (exact) mass is 490 g/mol. The van der Waals surface area contributed by atoms with Crippen molar-refractivity contribution in [3.63, 3.8) is 0 Å². The van der Waals surface area contributed by atoms with Gasteiger partial charge in [0.05, 0.1) is 34.5 Å². The number of nitriles is 1. The number of anilines is 2. The van der Waals surface area contributed by atoms with Gasteiger partial charge in [-0.15, -0.1) is 0 Å². The minimum absolute atomic E-state index is 0.0127. The van der Waals surface area contributed by atoms with Gasteiger partial charge in [0.2, 0.25) is 5.95 Å². The lowest BCUT2D eigenvalue weighted by molar-refractivity contribution is 0.730. The standard InChI is InChI=1S/C27H22N8O2/c1-16(31-24-17(14-28)15-30-27(29)33-24)25-32-20-11-6-10-19(21-12-7-13-22(36)34(21)2)23(20)26(37)35(25)18-8-4-3-5-9-18/h3-13,15-16H,1-2H3,(H3,29,30,31,33)/t16-/m1/s1. The summed E-state index contributed by atoms with van der Waals surface area (Å²) in [6.45, 7) is 1.82. The third kappa shape index (κ3) is 4.19. The summed E-state index contributed by atoms with van der Waals surface area (Å²) in [7, 11) is 1.67. The summed E-state index contributed by atoms with van der Waals surface area (Å²) >= 11 is 0. The van der Waals surface area contributed by atoms with Gasteiger partial charge in [0.1, 0.15) is 23.3 Å². The molecule has 0 spiro atoms. The van der Waals surface area contributed by atoms with Crippen molar-refractivity contribution in [1.82, 2.24) is 24.1 Å². The van der Waals surface area contributed by atoms with Gasteiger partial charge in [-0.3, -0.25) is 14.2 Å². The molecule has 3 heterocycles. The molecule has 3 aromatic heterocycles. The highest BCUT2D eigenvalue weighted by molar-refractivity contribution is 5.93. The first kappa shape index (κ1) is 23.4. The van der Waals surface area contributed by atoms with Crippen LogP contribution in [0, 0.1) is 11.3 Å². The highest BCUT2D eigenvalue weighted by Crippen LogP contribution is 2.28. The first-order chi connectivity index (χ1) is 17.9. The number of hydrogen-bond acceptors (Lipinski definition) is 8.